The van der Waals surface area contributed by atoms with Gasteiger partial charge in [-0.05, 0) is 160 Å². The molecule has 14 rings (SSSR count). The molecule has 4 aliphatic rings. The number of aldehydes is 1. The van der Waals surface area contributed by atoms with E-state index in [-0.39, 0.29) is 156 Å². The van der Waals surface area contributed by atoms with E-state index in [2.05, 4.69) is 0 Å². The van der Waals surface area contributed by atoms with Crippen molar-refractivity contribution in [1.82, 2.24) is 0 Å². The summed E-state index contributed by atoms with van der Waals surface area (Å²) in [6.07, 6.45) is -14.4. The Morgan fingerprint density at radius 1 is 0.390 bits per heavy atom. The molecule has 12 N–H and O–H groups in total. The Balaban J connectivity index is 0.759. The van der Waals surface area contributed by atoms with Crippen molar-refractivity contribution in [2.75, 3.05) is 144 Å². The van der Waals surface area contributed by atoms with Crippen LogP contribution in [-0.2, 0) is 25.4 Å². The molecule has 0 spiro atoms. The number of benzene rings is 10. The fourth-order valence-electron chi connectivity index (χ4n) is 17.6. The Bertz CT molecular complexity index is 5800. The smallest absolute Gasteiger partial charge is 0.205 e. The molecule has 726 valence electrons. The summed E-state index contributed by atoms with van der Waals surface area (Å²) >= 11 is 0. The van der Waals surface area contributed by atoms with Gasteiger partial charge >= 0.3 is 0 Å². The summed E-state index contributed by atoms with van der Waals surface area (Å²) in [5, 5.41) is 134. The first kappa shape index (κ1) is 99.2. The number of hydrogen-bond acceptors (Lipinski definition) is 35. The van der Waals surface area contributed by atoms with Crippen molar-refractivity contribution >= 4 is 12.1 Å². The highest BCUT2D eigenvalue weighted by atomic mass is 16.6. The molecule has 4 aliphatic heterocycles. The summed E-state index contributed by atoms with van der Waals surface area (Å²) in [5.74, 6) is -0.583. The van der Waals surface area contributed by atoms with E-state index in [4.69, 9.17) is 99.5 Å². The fraction of sp³-hybridized carbons (Fsp3) is 0.386. The maximum atomic E-state index is 15.1. The number of Topliss-reactive ketones (excluding diaryl/α,β-unsaturated/α-hetero) is 1. The van der Waals surface area contributed by atoms with Crippen molar-refractivity contribution < 1.29 is 170 Å². The van der Waals surface area contributed by atoms with Gasteiger partial charge in [0.1, 0.15) is 42.4 Å². The lowest BCUT2D eigenvalue weighted by Crippen LogP contribution is -2.34. The van der Waals surface area contributed by atoms with Crippen LogP contribution in [0.5, 0.6) is 115 Å². The number of hydrogen-bond donors (Lipinski definition) is 12. The van der Waals surface area contributed by atoms with E-state index in [9.17, 15) is 66.1 Å². The largest absolute Gasteiger partial charge is 0.504 e. The summed E-state index contributed by atoms with van der Waals surface area (Å²) in [6.45, 7) is -4.30. The van der Waals surface area contributed by atoms with E-state index >= 15 is 4.79 Å². The third kappa shape index (κ3) is 20.5. The van der Waals surface area contributed by atoms with Crippen LogP contribution in [0.25, 0.3) is 11.1 Å². The summed E-state index contributed by atoms with van der Waals surface area (Å²) in [7, 11) is 15.5. The number of phenols is 1. The number of phenolic OH excluding ortho intramolecular Hbond substituents is 1. The maximum absolute atomic E-state index is 15.1. The van der Waals surface area contributed by atoms with Crippen LogP contribution in [0.15, 0.2) is 164 Å². The zero-order chi connectivity index (χ0) is 96.9. The number of fused-ring (bicyclic) bond motifs is 5. The van der Waals surface area contributed by atoms with Gasteiger partial charge in [-0.25, -0.2) is 0 Å². The molecule has 0 aliphatic carbocycles. The molecular formula is C101H112O35. The Morgan fingerprint density at radius 2 is 0.875 bits per heavy atom. The molecular weight excluding hydrogens is 1770 g/mol. The van der Waals surface area contributed by atoms with Gasteiger partial charge in [-0.1, -0.05) is 48.5 Å². The van der Waals surface area contributed by atoms with E-state index in [0.29, 0.717) is 70.5 Å². The molecule has 0 bridgehead atoms. The lowest BCUT2D eigenvalue weighted by molar-refractivity contribution is -0.115. The molecule has 0 aromatic heterocycles. The molecule has 4 heterocycles. The first-order chi connectivity index (χ1) is 66.0. The normalized spacial score (nSPS) is 19.4. The number of carbonyl (C=O) groups is 2. The van der Waals surface area contributed by atoms with Gasteiger partial charge in [-0.15, -0.1) is 0 Å². The van der Waals surface area contributed by atoms with Crippen LogP contribution < -0.4 is 85.3 Å². The van der Waals surface area contributed by atoms with Gasteiger partial charge in [0.15, 0.2) is 146 Å². The van der Waals surface area contributed by atoms with Crippen LogP contribution in [0.1, 0.15) is 121 Å². The van der Waals surface area contributed by atoms with Gasteiger partial charge < -0.3 is 161 Å². The third-order valence-corrected chi connectivity index (χ3v) is 24.8. The zero-order valence-corrected chi connectivity index (χ0v) is 76.5. The second kappa shape index (κ2) is 44.8. The first-order valence-electron chi connectivity index (χ1n) is 43.6. The lowest BCUT2D eigenvalue weighted by Gasteiger charge is -2.33. The molecule has 10 aromatic carbocycles. The van der Waals surface area contributed by atoms with Gasteiger partial charge in [-0.3, -0.25) is 9.59 Å². The predicted octanol–water partition coefficient (Wildman–Crippen LogP) is 9.96. The average Bonchev–Trinajstić information content (AvgIpc) is 1.20. The van der Waals surface area contributed by atoms with Crippen molar-refractivity contribution in [3.8, 4) is 126 Å². The number of carbonyl (C=O) groups excluding carboxylic acids is 2. The first-order valence-corrected chi connectivity index (χ1v) is 43.6. The summed E-state index contributed by atoms with van der Waals surface area (Å²) in [5.41, 5.74) is 4.63. The van der Waals surface area contributed by atoms with Crippen molar-refractivity contribution in [2.24, 2.45) is 11.8 Å². The van der Waals surface area contributed by atoms with Gasteiger partial charge in [0, 0.05) is 53.2 Å². The fourth-order valence-corrected chi connectivity index (χ4v) is 17.6. The van der Waals surface area contributed by atoms with Gasteiger partial charge in [0.05, 0.1) is 161 Å². The second-order valence-electron chi connectivity index (χ2n) is 32.6. The molecule has 35 heteroatoms. The molecule has 0 saturated carbocycles. The zero-order valence-electron chi connectivity index (χ0n) is 76.5. The van der Waals surface area contributed by atoms with Crippen LogP contribution in [0.4, 0.5) is 0 Å². The second-order valence-corrected chi connectivity index (χ2v) is 32.6. The van der Waals surface area contributed by atoms with Crippen molar-refractivity contribution in [3.63, 3.8) is 0 Å². The Kier molecular flexibility index (Phi) is 32.6. The van der Waals surface area contributed by atoms with Crippen molar-refractivity contribution in [1.29, 1.82) is 0 Å². The molecule has 136 heavy (non-hydrogen) atoms. The molecule has 17 unspecified atom stereocenters. The molecule has 2 fully saturated rings. The lowest BCUT2D eigenvalue weighted by atomic mass is 9.85. The van der Waals surface area contributed by atoms with Crippen LogP contribution in [0.2, 0.25) is 0 Å². The van der Waals surface area contributed by atoms with Crippen LogP contribution in [0, 0.1) is 11.8 Å². The standard InChI is InChI=1S/C101H112O35/c1-116-72-21-16-56(34-78(72)118-3)95-68-49-128-96(69(68)50-127-95)57-17-24-75(81(35-57)121-6)133-89(47-109)94(115)55-15-23-74(80(33-55)120-5)131-86-39-60(38-85(125-10)101(86)130-62(41-103)42-104)98-90(48-110)135-99-65(30-59(37-84(99)124-9)91(112)66(43-105)52-12-19-70(111)77(31-52)117-2)63-29-53(13-20-71(63)134-98)93(114)88(46-108)132-76-25-18-58(36-82(76)122-7)97-67(44-106)64-27-51(28-83(123-8)100(64)136-97)26-61(40-102)129-73-22-14-54(32-79(73)119-4)92(113)87(45-107)126-11/h12-25,27-39,41,61-62,66-69,87-90,92-98,102,104-111,113-115H,26,40,42-50H2,1-11H3. The Hall–Kier alpha value is -12.8. The van der Waals surface area contributed by atoms with E-state index in [1.165, 1.54) is 143 Å². The molecule has 0 radical (unpaired) electrons. The van der Waals surface area contributed by atoms with Crippen LogP contribution >= 0.6 is 0 Å². The van der Waals surface area contributed by atoms with Gasteiger partial charge in [0.2, 0.25) is 5.75 Å². The average molecular weight is 1890 g/mol. The molecule has 0 amide bonds. The number of aromatic hydroxyl groups is 1. The van der Waals surface area contributed by atoms with Crippen molar-refractivity contribution in [3.05, 3.63) is 225 Å². The van der Waals surface area contributed by atoms with E-state index in [1.807, 2.05) is 30.3 Å². The number of ether oxygens (including phenoxy) is 21. The number of rotatable bonds is 45. The maximum Gasteiger partial charge on any atom is 0.205 e. The Labute approximate surface area is 783 Å². The van der Waals surface area contributed by atoms with Crippen molar-refractivity contribution in [2.45, 2.75) is 97.6 Å². The van der Waals surface area contributed by atoms with Crippen LogP contribution in [-0.4, -0.2) is 254 Å². The van der Waals surface area contributed by atoms with Crippen LogP contribution in [0.3, 0.4) is 0 Å². The number of aliphatic hydroxyl groups is 11. The van der Waals surface area contributed by atoms with E-state index in [0.717, 1.165) is 11.1 Å². The summed E-state index contributed by atoms with van der Waals surface area (Å²) in [6, 6.07) is 42.8. The quantitative estimate of drug-likeness (QED) is 0.0125. The monoisotopic (exact) mass is 1880 g/mol. The third-order valence-electron chi connectivity index (χ3n) is 24.8. The molecule has 10 aromatic rings. The highest BCUT2D eigenvalue weighted by molar-refractivity contribution is 6.03. The number of ketones is 1. The predicted molar refractivity (Wildman–Crippen MR) is 486 cm³/mol. The highest BCUT2D eigenvalue weighted by Crippen LogP contribution is 2.57. The number of aliphatic hydroxyl groups excluding tert-OH is 11. The highest BCUT2D eigenvalue weighted by Gasteiger charge is 2.49. The molecule has 17 atom stereocenters. The van der Waals surface area contributed by atoms with E-state index in [1.54, 1.807) is 68.8 Å². The van der Waals surface area contributed by atoms with Gasteiger partial charge in [-0.2, -0.15) is 0 Å². The molecule has 35 nitrogen and oxygen atoms in total. The minimum Gasteiger partial charge on any atom is -0.504 e. The summed E-state index contributed by atoms with van der Waals surface area (Å²) in [4.78, 5) is 27.7. The molecule has 2 saturated heterocycles. The topological polar surface area (TPSA) is 471 Å². The van der Waals surface area contributed by atoms with E-state index < -0.39 is 138 Å². The summed E-state index contributed by atoms with van der Waals surface area (Å²) < 4.78 is 128. The Morgan fingerprint density at radius 3 is 1.41 bits per heavy atom. The number of methoxy groups -OCH3 is 11. The van der Waals surface area contributed by atoms with Gasteiger partial charge in [0.25, 0.3) is 0 Å². The minimum absolute atomic E-state index is 0.00238. The SMILES string of the molecule is COc1cc(C(CO)C(=O)c2cc(OC)c3c(c2)-c2cc(C(O)C(CO)Oc4ccc(C5Oc6c(OC)cc(CC(CO)Oc7ccc(C(O)C(CO)OC)cc7OC)cc6C5CO)cc4OC)ccc2OC(c2cc(OC)c(OC(C=O)CO)c(Oc4ccc(C(O)C(CO)Oc5ccc(C6OCC7C(c8ccc(OC)c(OC)c8)OCC67)cc5OC)cc4OC)c2)C(CO)O3)ccc1O. The minimum atomic E-state index is -1.72.